The molecule has 0 atom stereocenters. The fraction of sp³-hybridized carbons (Fsp3) is 0.333. The van der Waals surface area contributed by atoms with Gasteiger partial charge in [-0.25, -0.2) is 18.4 Å². The SMILES string of the molecule is CCc1nc(N2CCN(S(=O)(=O)c3cccc4ccccc34)CC2)c2c(C)c(C)sc2n1. The summed E-state index contributed by atoms with van der Waals surface area (Å²) >= 11 is 1.71. The van der Waals surface area contributed by atoms with Crippen LogP contribution in [0, 0.1) is 13.8 Å². The second kappa shape index (κ2) is 8.10. The zero-order valence-corrected chi connectivity index (χ0v) is 20.1. The first-order valence-electron chi connectivity index (χ1n) is 10.9. The summed E-state index contributed by atoms with van der Waals surface area (Å²) in [5.41, 5.74) is 1.22. The highest BCUT2D eigenvalue weighted by Crippen LogP contribution is 2.36. The fourth-order valence-electron chi connectivity index (χ4n) is 4.36. The number of sulfonamides is 1. The summed E-state index contributed by atoms with van der Waals surface area (Å²) < 4.78 is 28.6. The van der Waals surface area contributed by atoms with Gasteiger partial charge < -0.3 is 4.90 Å². The van der Waals surface area contributed by atoms with Crippen molar-refractivity contribution < 1.29 is 8.42 Å². The van der Waals surface area contributed by atoms with E-state index in [2.05, 4.69) is 25.7 Å². The van der Waals surface area contributed by atoms with E-state index in [1.54, 1.807) is 21.7 Å². The Morgan fingerprint density at radius 1 is 0.969 bits per heavy atom. The summed E-state index contributed by atoms with van der Waals surface area (Å²) in [6, 6.07) is 13.1. The van der Waals surface area contributed by atoms with Gasteiger partial charge in [-0.1, -0.05) is 43.3 Å². The average Bonchev–Trinajstić information content (AvgIpc) is 3.11. The third-order valence-electron chi connectivity index (χ3n) is 6.28. The molecular formula is C24H26N4O2S2. The molecule has 0 bridgehead atoms. The van der Waals surface area contributed by atoms with Crippen molar-refractivity contribution in [2.24, 2.45) is 0 Å². The smallest absolute Gasteiger partial charge is 0.243 e. The minimum Gasteiger partial charge on any atom is -0.353 e. The molecule has 6 nitrogen and oxygen atoms in total. The summed E-state index contributed by atoms with van der Waals surface area (Å²) in [7, 11) is -3.58. The molecule has 0 radical (unpaired) electrons. The van der Waals surface area contributed by atoms with Crippen LogP contribution in [0.2, 0.25) is 0 Å². The second-order valence-electron chi connectivity index (χ2n) is 8.15. The van der Waals surface area contributed by atoms with Crippen molar-refractivity contribution in [3.05, 3.63) is 58.7 Å². The molecule has 32 heavy (non-hydrogen) atoms. The number of anilines is 1. The van der Waals surface area contributed by atoms with Crippen molar-refractivity contribution in [1.82, 2.24) is 14.3 Å². The molecule has 166 valence electrons. The quantitative estimate of drug-likeness (QED) is 0.442. The maximum absolute atomic E-state index is 13.5. The Morgan fingerprint density at radius 2 is 1.69 bits per heavy atom. The van der Waals surface area contributed by atoms with Crippen LogP contribution in [0.4, 0.5) is 5.82 Å². The van der Waals surface area contributed by atoms with Crippen molar-refractivity contribution in [2.45, 2.75) is 32.1 Å². The molecule has 5 rings (SSSR count). The maximum atomic E-state index is 13.5. The van der Waals surface area contributed by atoms with E-state index >= 15 is 0 Å². The number of aryl methyl sites for hydroxylation is 3. The Balaban J connectivity index is 1.46. The Bertz CT molecular complexity index is 1420. The Kier molecular flexibility index (Phi) is 5.39. The van der Waals surface area contributed by atoms with E-state index in [1.807, 2.05) is 36.4 Å². The zero-order valence-electron chi connectivity index (χ0n) is 18.5. The van der Waals surface area contributed by atoms with E-state index in [0.717, 1.165) is 39.1 Å². The summed E-state index contributed by atoms with van der Waals surface area (Å²) in [5, 5.41) is 2.81. The molecule has 1 aliphatic heterocycles. The van der Waals surface area contributed by atoms with Crippen LogP contribution in [-0.4, -0.2) is 48.9 Å². The van der Waals surface area contributed by atoms with E-state index in [-0.39, 0.29) is 0 Å². The molecule has 1 fully saturated rings. The van der Waals surface area contributed by atoms with Gasteiger partial charge in [0.2, 0.25) is 10.0 Å². The number of piperazine rings is 1. The van der Waals surface area contributed by atoms with Crippen molar-refractivity contribution in [2.75, 3.05) is 31.1 Å². The largest absolute Gasteiger partial charge is 0.353 e. The molecule has 0 spiro atoms. The van der Waals surface area contributed by atoms with Crippen LogP contribution in [0.5, 0.6) is 0 Å². The molecule has 8 heteroatoms. The molecule has 0 N–H and O–H groups in total. The summed E-state index contributed by atoms with van der Waals surface area (Å²) in [4.78, 5) is 14.5. The monoisotopic (exact) mass is 466 g/mol. The van der Waals surface area contributed by atoms with Crippen molar-refractivity contribution >= 4 is 48.2 Å². The predicted molar refractivity (Wildman–Crippen MR) is 131 cm³/mol. The van der Waals surface area contributed by atoms with Crippen LogP contribution in [0.15, 0.2) is 47.4 Å². The predicted octanol–water partition coefficient (Wildman–Crippen LogP) is 4.53. The zero-order chi connectivity index (χ0) is 22.5. The van der Waals surface area contributed by atoms with Gasteiger partial charge in [-0.2, -0.15) is 4.31 Å². The van der Waals surface area contributed by atoms with Gasteiger partial charge >= 0.3 is 0 Å². The van der Waals surface area contributed by atoms with Gasteiger partial charge in [-0.3, -0.25) is 0 Å². The number of hydrogen-bond acceptors (Lipinski definition) is 6. The molecule has 0 saturated carbocycles. The molecule has 2 aromatic heterocycles. The standard InChI is InChI=1S/C24H26N4O2S2/c1-4-21-25-23(22-16(2)17(3)31-24(22)26-21)27-12-14-28(15-13-27)32(29,30)20-11-7-9-18-8-5-6-10-19(18)20/h5-11H,4,12-15H2,1-3H3. The Labute approximate surface area is 192 Å². The van der Waals surface area contributed by atoms with E-state index < -0.39 is 10.0 Å². The van der Waals surface area contributed by atoms with Gasteiger partial charge in [-0.05, 0) is 30.9 Å². The number of fused-ring (bicyclic) bond motifs is 2. The fourth-order valence-corrected chi connectivity index (χ4v) is 7.04. The van der Waals surface area contributed by atoms with E-state index in [1.165, 1.54) is 10.4 Å². The van der Waals surface area contributed by atoms with Crippen LogP contribution < -0.4 is 4.90 Å². The third-order valence-corrected chi connectivity index (χ3v) is 9.34. The van der Waals surface area contributed by atoms with Gasteiger partial charge in [0.05, 0.1) is 10.3 Å². The molecule has 1 aliphatic rings. The lowest BCUT2D eigenvalue weighted by Gasteiger charge is -2.35. The maximum Gasteiger partial charge on any atom is 0.243 e. The number of hydrogen-bond donors (Lipinski definition) is 0. The van der Waals surface area contributed by atoms with Crippen molar-refractivity contribution in [1.29, 1.82) is 0 Å². The Morgan fingerprint density at radius 3 is 2.44 bits per heavy atom. The summed E-state index contributed by atoms with van der Waals surface area (Å²) in [6.45, 7) is 8.37. The first-order chi connectivity index (χ1) is 15.4. The van der Waals surface area contributed by atoms with E-state index in [9.17, 15) is 8.42 Å². The highest BCUT2D eigenvalue weighted by molar-refractivity contribution is 7.89. The lowest BCUT2D eigenvalue weighted by Crippen LogP contribution is -2.49. The van der Waals surface area contributed by atoms with E-state index in [0.29, 0.717) is 31.1 Å². The summed E-state index contributed by atoms with van der Waals surface area (Å²) in [5.74, 6) is 1.77. The third kappa shape index (κ3) is 3.46. The normalized spacial score (nSPS) is 15.7. The highest BCUT2D eigenvalue weighted by Gasteiger charge is 2.31. The lowest BCUT2D eigenvalue weighted by molar-refractivity contribution is 0.384. The van der Waals surface area contributed by atoms with Gasteiger partial charge in [0.25, 0.3) is 0 Å². The molecule has 4 aromatic rings. The first kappa shape index (κ1) is 21.3. The summed E-state index contributed by atoms with van der Waals surface area (Å²) in [6.07, 6.45) is 0.772. The van der Waals surface area contributed by atoms with Gasteiger partial charge in [0, 0.05) is 42.9 Å². The van der Waals surface area contributed by atoms with Crippen LogP contribution in [0.3, 0.4) is 0 Å². The highest BCUT2D eigenvalue weighted by atomic mass is 32.2. The molecule has 3 heterocycles. The molecule has 2 aromatic carbocycles. The van der Waals surface area contributed by atoms with Crippen LogP contribution >= 0.6 is 11.3 Å². The van der Waals surface area contributed by atoms with Crippen molar-refractivity contribution in [3.63, 3.8) is 0 Å². The second-order valence-corrected chi connectivity index (χ2v) is 11.3. The van der Waals surface area contributed by atoms with Gasteiger partial charge in [0.15, 0.2) is 0 Å². The number of nitrogens with zero attached hydrogens (tertiary/aromatic N) is 4. The van der Waals surface area contributed by atoms with Gasteiger partial charge in [0.1, 0.15) is 16.5 Å². The minimum atomic E-state index is -3.58. The molecular weight excluding hydrogens is 440 g/mol. The average molecular weight is 467 g/mol. The minimum absolute atomic E-state index is 0.381. The first-order valence-corrected chi connectivity index (χ1v) is 13.1. The number of thiophene rings is 1. The molecule has 0 unspecified atom stereocenters. The molecule has 0 aliphatic carbocycles. The van der Waals surface area contributed by atoms with Gasteiger partial charge in [-0.15, -0.1) is 11.3 Å². The number of benzene rings is 2. The van der Waals surface area contributed by atoms with Crippen LogP contribution in [0.1, 0.15) is 23.2 Å². The van der Waals surface area contributed by atoms with Crippen molar-refractivity contribution in [3.8, 4) is 0 Å². The topological polar surface area (TPSA) is 66.4 Å². The molecule has 0 amide bonds. The Hall–Kier alpha value is -2.55. The lowest BCUT2D eigenvalue weighted by atomic mass is 10.1. The number of aromatic nitrogens is 2. The van der Waals surface area contributed by atoms with Crippen LogP contribution in [-0.2, 0) is 16.4 Å². The molecule has 1 saturated heterocycles. The van der Waals surface area contributed by atoms with E-state index in [4.69, 9.17) is 9.97 Å². The number of rotatable bonds is 4. The van der Waals surface area contributed by atoms with Crippen LogP contribution in [0.25, 0.3) is 21.0 Å².